The molecule has 0 saturated heterocycles. The van der Waals surface area contributed by atoms with Crippen LogP contribution < -0.4 is 5.32 Å². The number of hydrogen-bond acceptors (Lipinski definition) is 3. The van der Waals surface area contributed by atoms with Crippen molar-refractivity contribution in [1.29, 1.82) is 0 Å². The van der Waals surface area contributed by atoms with Crippen molar-refractivity contribution in [3.63, 3.8) is 0 Å². The van der Waals surface area contributed by atoms with Crippen LogP contribution in [-0.4, -0.2) is 10.9 Å². The number of thiazole rings is 1. The summed E-state index contributed by atoms with van der Waals surface area (Å²) in [5, 5.41) is 5.54. The monoisotopic (exact) mass is 288 g/mol. The minimum absolute atomic E-state index is 0.00126. The van der Waals surface area contributed by atoms with Gasteiger partial charge < -0.3 is 0 Å². The molecule has 1 amide bonds. The first-order valence-electron chi connectivity index (χ1n) is 6.62. The molecule has 0 bridgehead atoms. The number of anilines is 1. The van der Waals surface area contributed by atoms with Gasteiger partial charge in [-0.3, -0.25) is 10.1 Å². The minimum atomic E-state index is -0.0963. The highest BCUT2D eigenvalue weighted by atomic mass is 32.1. The van der Waals surface area contributed by atoms with E-state index in [1.165, 1.54) is 11.3 Å². The molecule has 0 aliphatic carbocycles. The summed E-state index contributed by atoms with van der Waals surface area (Å²) in [6, 6.07) is 5.88. The van der Waals surface area contributed by atoms with Gasteiger partial charge in [-0.1, -0.05) is 38.5 Å². The molecular formula is C16H20N2OS. The lowest BCUT2D eigenvalue weighted by Gasteiger charge is -2.14. The highest BCUT2D eigenvalue weighted by molar-refractivity contribution is 7.14. The Morgan fingerprint density at radius 2 is 1.95 bits per heavy atom. The fourth-order valence-corrected chi connectivity index (χ4v) is 2.75. The van der Waals surface area contributed by atoms with Crippen molar-refractivity contribution < 1.29 is 4.79 Å². The van der Waals surface area contributed by atoms with Gasteiger partial charge in [0, 0.05) is 16.4 Å². The first-order chi connectivity index (χ1) is 9.27. The Morgan fingerprint density at radius 3 is 2.55 bits per heavy atom. The molecule has 4 heteroatoms. The number of aryl methyl sites for hydroxylation is 2. The predicted octanol–water partition coefficient (Wildman–Crippen LogP) is 4.31. The normalized spacial score (nSPS) is 11.4. The highest BCUT2D eigenvalue weighted by Crippen LogP contribution is 2.26. The van der Waals surface area contributed by atoms with Crippen LogP contribution in [0.4, 0.5) is 5.13 Å². The van der Waals surface area contributed by atoms with Gasteiger partial charge in [0.1, 0.15) is 0 Å². The van der Waals surface area contributed by atoms with Gasteiger partial charge in [0.2, 0.25) is 0 Å². The zero-order valence-electron chi connectivity index (χ0n) is 12.6. The molecule has 2 aromatic rings. The van der Waals surface area contributed by atoms with E-state index in [0.717, 1.165) is 16.8 Å². The van der Waals surface area contributed by atoms with Crippen molar-refractivity contribution in [3.05, 3.63) is 46.0 Å². The van der Waals surface area contributed by atoms with Crippen LogP contribution in [0.5, 0.6) is 0 Å². The average molecular weight is 288 g/mol. The van der Waals surface area contributed by atoms with Crippen molar-refractivity contribution in [2.45, 2.75) is 40.0 Å². The Kier molecular flexibility index (Phi) is 3.95. The number of carbonyl (C=O) groups is 1. The Morgan fingerprint density at radius 1 is 1.25 bits per heavy atom. The molecule has 0 fully saturated rings. The van der Waals surface area contributed by atoms with Crippen LogP contribution in [0.15, 0.2) is 23.6 Å². The van der Waals surface area contributed by atoms with Crippen molar-refractivity contribution in [3.8, 4) is 0 Å². The van der Waals surface area contributed by atoms with Crippen LogP contribution in [0.3, 0.4) is 0 Å². The number of amides is 1. The van der Waals surface area contributed by atoms with Crippen LogP contribution >= 0.6 is 11.3 Å². The maximum atomic E-state index is 12.3. The topological polar surface area (TPSA) is 42.0 Å². The summed E-state index contributed by atoms with van der Waals surface area (Å²) >= 11 is 1.47. The predicted molar refractivity (Wildman–Crippen MR) is 84.7 cm³/mol. The first-order valence-corrected chi connectivity index (χ1v) is 7.50. The molecule has 1 heterocycles. The van der Waals surface area contributed by atoms with Gasteiger partial charge in [0.05, 0.1) is 5.69 Å². The molecule has 0 spiro atoms. The summed E-state index contributed by atoms with van der Waals surface area (Å²) in [5.41, 5.74) is 3.76. The Hall–Kier alpha value is -1.68. The van der Waals surface area contributed by atoms with Gasteiger partial charge >= 0.3 is 0 Å². The molecule has 0 aliphatic heterocycles. The van der Waals surface area contributed by atoms with Gasteiger partial charge in [-0.15, -0.1) is 11.3 Å². The highest BCUT2D eigenvalue weighted by Gasteiger charge is 2.18. The van der Waals surface area contributed by atoms with E-state index in [2.05, 4.69) is 31.1 Å². The van der Waals surface area contributed by atoms with Crippen molar-refractivity contribution in [2.75, 3.05) is 5.32 Å². The largest absolute Gasteiger partial charge is 0.298 e. The minimum Gasteiger partial charge on any atom is -0.298 e. The molecule has 1 N–H and O–H groups in total. The lowest BCUT2D eigenvalue weighted by Crippen LogP contribution is -2.15. The third-order valence-electron chi connectivity index (χ3n) is 3.13. The lowest BCUT2D eigenvalue weighted by atomic mass is 9.93. The van der Waals surface area contributed by atoms with Crippen LogP contribution in [0.25, 0.3) is 0 Å². The van der Waals surface area contributed by atoms with Gasteiger partial charge in [0.15, 0.2) is 5.13 Å². The molecular weight excluding hydrogens is 268 g/mol. The molecule has 3 nitrogen and oxygen atoms in total. The van der Waals surface area contributed by atoms with Crippen molar-refractivity contribution >= 4 is 22.4 Å². The molecule has 0 saturated carbocycles. The zero-order chi connectivity index (χ0) is 14.9. The van der Waals surface area contributed by atoms with Gasteiger partial charge in [-0.2, -0.15) is 0 Å². The fraction of sp³-hybridized carbons (Fsp3) is 0.375. The summed E-state index contributed by atoms with van der Waals surface area (Å²) < 4.78 is 0. The van der Waals surface area contributed by atoms with E-state index >= 15 is 0 Å². The number of aromatic nitrogens is 1. The Labute approximate surface area is 124 Å². The number of nitrogens with one attached hydrogen (secondary N) is 1. The van der Waals surface area contributed by atoms with Crippen LogP contribution in [0, 0.1) is 13.8 Å². The summed E-state index contributed by atoms with van der Waals surface area (Å²) in [6.45, 7) is 10.3. The second-order valence-corrected chi connectivity index (χ2v) is 6.92. The summed E-state index contributed by atoms with van der Waals surface area (Å²) in [4.78, 5) is 16.8. The number of carbonyl (C=O) groups excluding carboxylic acids is 1. The fourth-order valence-electron chi connectivity index (χ4n) is 1.82. The smallest absolute Gasteiger partial charge is 0.257 e. The molecule has 2 rings (SSSR count). The van der Waals surface area contributed by atoms with Crippen molar-refractivity contribution in [1.82, 2.24) is 4.98 Å². The van der Waals surface area contributed by atoms with E-state index in [0.29, 0.717) is 10.7 Å². The summed E-state index contributed by atoms with van der Waals surface area (Å²) in [5.74, 6) is -0.0963. The second kappa shape index (κ2) is 5.37. The van der Waals surface area contributed by atoms with Gasteiger partial charge in [-0.25, -0.2) is 4.98 Å². The quantitative estimate of drug-likeness (QED) is 0.894. The average Bonchev–Trinajstić information content (AvgIpc) is 2.80. The van der Waals surface area contributed by atoms with Crippen molar-refractivity contribution in [2.24, 2.45) is 0 Å². The molecule has 0 aliphatic rings. The second-order valence-electron chi connectivity index (χ2n) is 6.06. The van der Waals surface area contributed by atoms with Gasteiger partial charge in [-0.05, 0) is 25.5 Å². The Balaban J connectivity index is 2.20. The molecule has 1 aromatic heterocycles. The number of nitrogens with zero attached hydrogens (tertiary/aromatic N) is 1. The number of benzene rings is 1. The maximum Gasteiger partial charge on any atom is 0.257 e. The molecule has 20 heavy (non-hydrogen) atoms. The standard InChI is InChI=1S/C16H20N2OS/c1-10-6-7-11(2)12(8-10)14(19)18-15-17-13(9-20-15)16(3,4)5/h6-9H,1-5H3,(H,17,18,19). The van der Waals surface area contributed by atoms with Crippen LogP contribution in [-0.2, 0) is 5.41 Å². The van der Waals surface area contributed by atoms with E-state index in [-0.39, 0.29) is 11.3 Å². The number of hydrogen-bond donors (Lipinski definition) is 1. The zero-order valence-corrected chi connectivity index (χ0v) is 13.4. The van der Waals surface area contributed by atoms with E-state index < -0.39 is 0 Å². The van der Waals surface area contributed by atoms with Crippen LogP contribution in [0.1, 0.15) is 48.0 Å². The van der Waals surface area contributed by atoms with E-state index in [1.54, 1.807) is 0 Å². The van der Waals surface area contributed by atoms with E-state index in [4.69, 9.17) is 0 Å². The van der Waals surface area contributed by atoms with Gasteiger partial charge in [0.25, 0.3) is 5.91 Å². The third-order valence-corrected chi connectivity index (χ3v) is 3.89. The first kappa shape index (κ1) is 14.7. The number of rotatable bonds is 2. The van der Waals surface area contributed by atoms with E-state index in [9.17, 15) is 4.79 Å². The molecule has 1 aromatic carbocycles. The van der Waals surface area contributed by atoms with E-state index in [1.807, 2.05) is 37.4 Å². The summed E-state index contributed by atoms with van der Waals surface area (Å²) in [6.07, 6.45) is 0. The molecule has 0 atom stereocenters. The Bertz CT molecular complexity index is 638. The molecule has 0 radical (unpaired) electrons. The molecule has 106 valence electrons. The van der Waals surface area contributed by atoms with Crippen LogP contribution in [0.2, 0.25) is 0 Å². The molecule has 0 unspecified atom stereocenters. The summed E-state index contributed by atoms with van der Waals surface area (Å²) in [7, 11) is 0. The maximum absolute atomic E-state index is 12.3. The lowest BCUT2D eigenvalue weighted by molar-refractivity contribution is 0.102. The SMILES string of the molecule is Cc1ccc(C)c(C(=O)Nc2nc(C(C)(C)C)cs2)c1. The third kappa shape index (κ3) is 3.25.